The molecule has 12 nitrogen and oxygen atoms in total. The van der Waals surface area contributed by atoms with Gasteiger partial charge in [-0.3, -0.25) is 0 Å². The van der Waals surface area contributed by atoms with Crippen LogP contribution in [0.15, 0.2) is 0 Å². The van der Waals surface area contributed by atoms with Crippen molar-refractivity contribution in [3.05, 3.63) is 0 Å². The average molecular weight is 895 g/mol. The molecule has 0 aromatic heterocycles. The second kappa shape index (κ2) is 60.5. The van der Waals surface area contributed by atoms with Gasteiger partial charge in [0.2, 0.25) is 0 Å². The van der Waals surface area contributed by atoms with Crippen molar-refractivity contribution in [2.75, 3.05) is 159 Å². The van der Waals surface area contributed by atoms with Crippen molar-refractivity contribution in [1.82, 2.24) is 0 Å². The van der Waals surface area contributed by atoms with Crippen molar-refractivity contribution < 1.29 is 56.8 Å². The van der Waals surface area contributed by atoms with Crippen LogP contribution in [0.2, 0.25) is 0 Å². The van der Waals surface area contributed by atoms with E-state index in [9.17, 15) is 0 Å². The van der Waals surface area contributed by atoms with Gasteiger partial charge in [-0.1, -0.05) is 155 Å². The van der Waals surface area contributed by atoms with Crippen LogP contribution >= 0.6 is 0 Å². The van der Waals surface area contributed by atoms with E-state index < -0.39 is 0 Å². The predicted molar refractivity (Wildman–Crippen MR) is 252 cm³/mol. The minimum absolute atomic E-state index is 0.523. The summed E-state index contributed by atoms with van der Waals surface area (Å²) in [6, 6.07) is 0. The van der Waals surface area contributed by atoms with E-state index in [1.807, 2.05) is 0 Å². The van der Waals surface area contributed by atoms with Crippen LogP contribution in [-0.4, -0.2) is 159 Å². The summed E-state index contributed by atoms with van der Waals surface area (Å²) in [6.07, 6.45) is 32.7. The lowest BCUT2D eigenvalue weighted by atomic mass is 10.0. The van der Waals surface area contributed by atoms with E-state index >= 15 is 0 Å². The third kappa shape index (κ3) is 59.5. The molecular weight excluding hydrogens is 793 g/mol. The van der Waals surface area contributed by atoms with E-state index in [0.29, 0.717) is 145 Å². The van der Waals surface area contributed by atoms with Crippen LogP contribution in [0, 0.1) is 0 Å². The molecule has 0 aliphatic carbocycles. The molecular formula is C50H102O12. The van der Waals surface area contributed by atoms with Crippen molar-refractivity contribution in [1.29, 1.82) is 0 Å². The SMILES string of the molecule is CCCCCCCCCCCCCCCCCCOCCOCCOCCOCCOCCOCCOCCOCCOCCOCCOCCOCCCCCCCCCC. The Morgan fingerprint density at radius 1 is 0.129 bits per heavy atom. The van der Waals surface area contributed by atoms with E-state index in [1.165, 1.54) is 141 Å². The van der Waals surface area contributed by atoms with Gasteiger partial charge in [-0.25, -0.2) is 0 Å². The lowest BCUT2D eigenvalue weighted by molar-refractivity contribution is -0.0284. The minimum Gasteiger partial charge on any atom is -0.379 e. The van der Waals surface area contributed by atoms with Crippen molar-refractivity contribution in [2.45, 2.75) is 168 Å². The van der Waals surface area contributed by atoms with Gasteiger partial charge in [-0.05, 0) is 12.8 Å². The monoisotopic (exact) mass is 895 g/mol. The summed E-state index contributed by atoms with van der Waals surface area (Å²) in [5.41, 5.74) is 0. The second-order valence-electron chi connectivity index (χ2n) is 16.1. The van der Waals surface area contributed by atoms with Crippen LogP contribution in [0.5, 0.6) is 0 Å². The molecule has 0 fully saturated rings. The van der Waals surface area contributed by atoms with Crippen molar-refractivity contribution >= 4 is 0 Å². The number of unbranched alkanes of at least 4 members (excludes halogenated alkanes) is 22. The highest BCUT2D eigenvalue weighted by molar-refractivity contribution is 4.51. The third-order valence-corrected chi connectivity index (χ3v) is 10.4. The summed E-state index contributed by atoms with van der Waals surface area (Å²) < 4.78 is 66.8. The fourth-order valence-corrected chi connectivity index (χ4v) is 6.61. The largest absolute Gasteiger partial charge is 0.379 e. The molecule has 0 aliphatic rings. The van der Waals surface area contributed by atoms with Gasteiger partial charge in [0.05, 0.1) is 145 Å². The van der Waals surface area contributed by atoms with E-state index in [2.05, 4.69) is 13.8 Å². The fraction of sp³-hybridized carbons (Fsp3) is 1.00. The first-order valence-corrected chi connectivity index (χ1v) is 25.8. The molecule has 0 bridgehead atoms. The molecule has 0 heterocycles. The number of hydrogen-bond donors (Lipinski definition) is 0. The predicted octanol–water partition coefficient (Wildman–Crippen LogP) is 10.6. The fourth-order valence-electron chi connectivity index (χ4n) is 6.61. The molecule has 0 aromatic rings. The molecule has 0 radical (unpaired) electrons. The summed E-state index contributed by atoms with van der Waals surface area (Å²) >= 11 is 0. The van der Waals surface area contributed by atoms with Crippen LogP contribution in [0.3, 0.4) is 0 Å². The molecule has 0 aromatic carbocycles. The molecule has 0 saturated carbocycles. The molecule has 0 unspecified atom stereocenters. The zero-order valence-electron chi connectivity index (χ0n) is 40.8. The summed E-state index contributed by atoms with van der Waals surface area (Å²) in [4.78, 5) is 0. The van der Waals surface area contributed by atoms with Gasteiger partial charge >= 0.3 is 0 Å². The normalized spacial score (nSPS) is 11.7. The van der Waals surface area contributed by atoms with E-state index in [-0.39, 0.29) is 0 Å². The average Bonchev–Trinajstić information content (AvgIpc) is 3.28. The van der Waals surface area contributed by atoms with E-state index in [0.717, 1.165) is 26.1 Å². The van der Waals surface area contributed by atoms with Gasteiger partial charge in [0.25, 0.3) is 0 Å². The third-order valence-electron chi connectivity index (χ3n) is 10.4. The Kier molecular flexibility index (Phi) is 60.1. The number of hydrogen-bond acceptors (Lipinski definition) is 12. The van der Waals surface area contributed by atoms with Crippen molar-refractivity contribution in [3.63, 3.8) is 0 Å². The Labute approximate surface area is 382 Å². The molecule has 0 saturated heterocycles. The first-order valence-electron chi connectivity index (χ1n) is 25.8. The van der Waals surface area contributed by atoms with Gasteiger partial charge in [-0.15, -0.1) is 0 Å². The molecule has 0 spiro atoms. The zero-order chi connectivity index (χ0) is 44.4. The van der Waals surface area contributed by atoms with Crippen molar-refractivity contribution in [2.24, 2.45) is 0 Å². The van der Waals surface area contributed by atoms with Crippen LogP contribution in [-0.2, 0) is 56.8 Å². The first-order chi connectivity index (χ1) is 30.9. The highest BCUT2D eigenvalue weighted by Gasteiger charge is 1.99. The Morgan fingerprint density at radius 3 is 0.387 bits per heavy atom. The molecule has 0 N–H and O–H groups in total. The Balaban J connectivity index is 3.06. The maximum absolute atomic E-state index is 5.71. The first kappa shape index (κ1) is 61.5. The molecule has 0 rings (SSSR count). The second-order valence-corrected chi connectivity index (χ2v) is 16.1. The smallest absolute Gasteiger partial charge is 0.0701 e. The van der Waals surface area contributed by atoms with Crippen LogP contribution in [0.25, 0.3) is 0 Å². The molecule has 374 valence electrons. The Bertz CT molecular complexity index is 693. The van der Waals surface area contributed by atoms with E-state index in [1.54, 1.807) is 0 Å². The summed E-state index contributed by atoms with van der Waals surface area (Å²) in [6.45, 7) is 18.5. The van der Waals surface area contributed by atoms with Gasteiger partial charge in [0.15, 0.2) is 0 Å². The number of rotatable bonds is 59. The lowest BCUT2D eigenvalue weighted by Crippen LogP contribution is -2.15. The van der Waals surface area contributed by atoms with Crippen LogP contribution in [0.4, 0.5) is 0 Å². The Morgan fingerprint density at radius 2 is 0.242 bits per heavy atom. The summed E-state index contributed by atoms with van der Waals surface area (Å²) in [5, 5.41) is 0. The van der Waals surface area contributed by atoms with Gasteiger partial charge in [0, 0.05) is 13.2 Å². The minimum atomic E-state index is 0.523. The quantitative estimate of drug-likeness (QED) is 0.0542. The van der Waals surface area contributed by atoms with Gasteiger partial charge < -0.3 is 56.8 Å². The summed E-state index contributed by atoms with van der Waals surface area (Å²) in [5.74, 6) is 0. The van der Waals surface area contributed by atoms with Crippen LogP contribution in [0.1, 0.15) is 168 Å². The molecule has 62 heavy (non-hydrogen) atoms. The standard InChI is InChI=1S/C50H102O12/c1-3-5-7-9-11-13-14-15-16-17-18-19-20-22-24-26-28-52-30-32-54-34-36-56-38-40-58-42-44-60-46-48-62-50-49-61-47-45-59-43-41-57-39-37-55-35-33-53-31-29-51-27-25-23-21-12-10-8-6-4-2/h3-50H2,1-2H3. The molecule has 0 atom stereocenters. The maximum Gasteiger partial charge on any atom is 0.0701 e. The highest BCUT2D eigenvalue weighted by Crippen LogP contribution is 2.14. The van der Waals surface area contributed by atoms with Crippen molar-refractivity contribution in [3.8, 4) is 0 Å². The van der Waals surface area contributed by atoms with Gasteiger partial charge in [-0.2, -0.15) is 0 Å². The van der Waals surface area contributed by atoms with E-state index in [4.69, 9.17) is 56.8 Å². The molecule has 0 aliphatic heterocycles. The van der Waals surface area contributed by atoms with Crippen LogP contribution < -0.4 is 0 Å². The maximum atomic E-state index is 5.71. The number of ether oxygens (including phenoxy) is 12. The lowest BCUT2D eigenvalue weighted by Gasteiger charge is -2.09. The summed E-state index contributed by atoms with van der Waals surface area (Å²) in [7, 11) is 0. The molecule has 12 heteroatoms. The molecule has 0 amide bonds. The van der Waals surface area contributed by atoms with Gasteiger partial charge in [0.1, 0.15) is 0 Å². The Hall–Kier alpha value is -0.480. The zero-order valence-corrected chi connectivity index (χ0v) is 40.8. The topological polar surface area (TPSA) is 111 Å². The highest BCUT2D eigenvalue weighted by atomic mass is 16.6.